The van der Waals surface area contributed by atoms with Gasteiger partial charge in [0.15, 0.2) is 0 Å². The van der Waals surface area contributed by atoms with E-state index in [1.807, 2.05) is 0 Å². The van der Waals surface area contributed by atoms with Crippen molar-refractivity contribution >= 4 is 5.84 Å². The van der Waals surface area contributed by atoms with Crippen molar-refractivity contribution in [2.75, 3.05) is 6.54 Å². The average Bonchev–Trinajstić information content (AvgIpc) is 2.19. The Kier molecular flexibility index (Phi) is 3.09. The molecular formula is C12H22N2. The number of amidine groups is 1. The first-order chi connectivity index (χ1) is 6.77. The van der Waals surface area contributed by atoms with Crippen LogP contribution in [0.4, 0.5) is 0 Å². The SMILES string of the molecule is CC1CC(=N)NCC1C1CCCCC1. The monoisotopic (exact) mass is 194 g/mol. The second-order valence-corrected chi connectivity index (χ2v) is 5.10. The van der Waals surface area contributed by atoms with Crippen LogP contribution in [0.2, 0.25) is 0 Å². The molecular weight excluding hydrogens is 172 g/mol. The van der Waals surface area contributed by atoms with Gasteiger partial charge >= 0.3 is 0 Å². The van der Waals surface area contributed by atoms with E-state index in [0.717, 1.165) is 36.6 Å². The Morgan fingerprint density at radius 2 is 1.93 bits per heavy atom. The summed E-state index contributed by atoms with van der Waals surface area (Å²) in [4.78, 5) is 0. The third-order valence-corrected chi connectivity index (χ3v) is 4.06. The van der Waals surface area contributed by atoms with Crippen molar-refractivity contribution in [2.45, 2.75) is 45.4 Å². The molecule has 1 heterocycles. The summed E-state index contributed by atoms with van der Waals surface area (Å²) in [5.74, 6) is 3.26. The van der Waals surface area contributed by atoms with Crippen LogP contribution in [-0.2, 0) is 0 Å². The van der Waals surface area contributed by atoms with E-state index in [1.165, 1.54) is 32.1 Å². The van der Waals surface area contributed by atoms with Gasteiger partial charge in [0.2, 0.25) is 0 Å². The van der Waals surface area contributed by atoms with Crippen LogP contribution in [0.15, 0.2) is 0 Å². The summed E-state index contributed by atoms with van der Waals surface area (Å²) in [6, 6.07) is 0. The average molecular weight is 194 g/mol. The molecule has 0 amide bonds. The van der Waals surface area contributed by atoms with Crippen molar-refractivity contribution in [3.63, 3.8) is 0 Å². The quantitative estimate of drug-likeness (QED) is 0.661. The molecule has 80 valence electrons. The molecule has 2 heteroatoms. The molecule has 2 rings (SSSR count). The van der Waals surface area contributed by atoms with Crippen LogP contribution < -0.4 is 5.32 Å². The van der Waals surface area contributed by atoms with Gasteiger partial charge in [0.25, 0.3) is 0 Å². The molecule has 0 aromatic carbocycles. The molecule has 0 aromatic heterocycles. The molecule has 0 radical (unpaired) electrons. The van der Waals surface area contributed by atoms with Crippen molar-refractivity contribution in [2.24, 2.45) is 17.8 Å². The molecule has 2 N–H and O–H groups in total. The molecule has 2 fully saturated rings. The topological polar surface area (TPSA) is 35.9 Å². The molecule has 2 atom stereocenters. The fraction of sp³-hybridized carbons (Fsp3) is 0.917. The summed E-state index contributed by atoms with van der Waals surface area (Å²) < 4.78 is 0. The summed E-state index contributed by atoms with van der Waals surface area (Å²) in [6.07, 6.45) is 8.16. The number of hydrogen-bond acceptors (Lipinski definition) is 1. The zero-order valence-corrected chi connectivity index (χ0v) is 9.18. The van der Waals surface area contributed by atoms with Crippen LogP contribution in [0.1, 0.15) is 45.4 Å². The van der Waals surface area contributed by atoms with Crippen LogP contribution in [0.3, 0.4) is 0 Å². The Morgan fingerprint density at radius 3 is 2.57 bits per heavy atom. The van der Waals surface area contributed by atoms with E-state index < -0.39 is 0 Å². The van der Waals surface area contributed by atoms with Crippen LogP contribution in [0.25, 0.3) is 0 Å². The molecule has 0 bridgehead atoms. The highest BCUT2D eigenvalue weighted by molar-refractivity contribution is 5.79. The lowest BCUT2D eigenvalue weighted by molar-refractivity contribution is 0.180. The van der Waals surface area contributed by atoms with E-state index in [0.29, 0.717) is 0 Å². The summed E-state index contributed by atoms with van der Waals surface area (Å²) in [7, 11) is 0. The van der Waals surface area contributed by atoms with Gasteiger partial charge in [-0.1, -0.05) is 39.0 Å². The maximum absolute atomic E-state index is 7.61. The second kappa shape index (κ2) is 4.33. The van der Waals surface area contributed by atoms with Gasteiger partial charge in [-0.3, -0.25) is 5.41 Å². The minimum atomic E-state index is 0.729. The summed E-state index contributed by atoms with van der Waals surface area (Å²) in [5.41, 5.74) is 0. The highest BCUT2D eigenvalue weighted by Gasteiger charge is 2.31. The van der Waals surface area contributed by atoms with E-state index in [-0.39, 0.29) is 0 Å². The molecule has 2 unspecified atom stereocenters. The Bertz CT molecular complexity index is 206. The van der Waals surface area contributed by atoms with E-state index in [4.69, 9.17) is 5.41 Å². The molecule has 1 aliphatic heterocycles. The normalized spacial score (nSPS) is 35.4. The van der Waals surface area contributed by atoms with Gasteiger partial charge in [0.05, 0.1) is 5.84 Å². The zero-order valence-electron chi connectivity index (χ0n) is 9.18. The zero-order chi connectivity index (χ0) is 9.97. The lowest BCUT2D eigenvalue weighted by Crippen LogP contribution is -2.43. The highest BCUT2D eigenvalue weighted by Crippen LogP contribution is 2.36. The molecule has 2 aliphatic rings. The Hall–Kier alpha value is -0.530. The number of rotatable bonds is 1. The summed E-state index contributed by atoms with van der Waals surface area (Å²) in [6.45, 7) is 3.39. The van der Waals surface area contributed by atoms with E-state index in [9.17, 15) is 0 Å². The Labute approximate surface area is 87.0 Å². The fourth-order valence-electron chi connectivity index (χ4n) is 3.18. The van der Waals surface area contributed by atoms with Gasteiger partial charge < -0.3 is 5.32 Å². The van der Waals surface area contributed by atoms with Gasteiger partial charge in [-0.15, -0.1) is 0 Å². The molecule has 1 saturated carbocycles. The first-order valence-corrected chi connectivity index (χ1v) is 6.08. The summed E-state index contributed by atoms with van der Waals surface area (Å²) in [5, 5.41) is 10.9. The first-order valence-electron chi connectivity index (χ1n) is 6.08. The first kappa shape index (κ1) is 10.0. The van der Waals surface area contributed by atoms with Crippen LogP contribution >= 0.6 is 0 Å². The molecule has 14 heavy (non-hydrogen) atoms. The fourth-order valence-corrected chi connectivity index (χ4v) is 3.18. The third kappa shape index (κ3) is 2.10. The van der Waals surface area contributed by atoms with Gasteiger partial charge in [-0.05, 0) is 17.8 Å². The molecule has 1 aliphatic carbocycles. The van der Waals surface area contributed by atoms with Crippen molar-refractivity contribution < 1.29 is 0 Å². The van der Waals surface area contributed by atoms with Gasteiger partial charge in [0.1, 0.15) is 0 Å². The highest BCUT2D eigenvalue weighted by atomic mass is 15.0. The van der Waals surface area contributed by atoms with Crippen molar-refractivity contribution in [1.82, 2.24) is 5.32 Å². The standard InChI is InChI=1S/C12H22N2/c1-9-7-12(13)14-8-11(9)10-5-3-2-4-6-10/h9-11H,2-8H2,1H3,(H2,13,14). The second-order valence-electron chi connectivity index (χ2n) is 5.10. The van der Waals surface area contributed by atoms with Crippen molar-refractivity contribution in [1.29, 1.82) is 5.41 Å². The van der Waals surface area contributed by atoms with Crippen molar-refractivity contribution in [3.05, 3.63) is 0 Å². The number of hydrogen-bond donors (Lipinski definition) is 2. The number of piperidine rings is 1. The minimum Gasteiger partial charge on any atom is -0.374 e. The largest absolute Gasteiger partial charge is 0.374 e. The summed E-state index contributed by atoms with van der Waals surface area (Å²) >= 11 is 0. The lowest BCUT2D eigenvalue weighted by Gasteiger charge is -2.38. The van der Waals surface area contributed by atoms with E-state index in [1.54, 1.807) is 0 Å². The smallest absolute Gasteiger partial charge is 0.0934 e. The molecule has 2 nitrogen and oxygen atoms in total. The van der Waals surface area contributed by atoms with E-state index >= 15 is 0 Å². The van der Waals surface area contributed by atoms with Gasteiger partial charge in [-0.25, -0.2) is 0 Å². The van der Waals surface area contributed by atoms with Crippen molar-refractivity contribution in [3.8, 4) is 0 Å². The molecule has 0 aromatic rings. The van der Waals surface area contributed by atoms with Crippen LogP contribution in [0, 0.1) is 23.2 Å². The predicted octanol–water partition coefficient (Wildman–Crippen LogP) is 2.79. The van der Waals surface area contributed by atoms with Gasteiger partial charge in [0, 0.05) is 13.0 Å². The predicted molar refractivity (Wildman–Crippen MR) is 59.6 cm³/mol. The maximum atomic E-state index is 7.61. The Morgan fingerprint density at radius 1 is 1.21 bits per heavy atom. The Balaban J connectivity index is 1.92. The van der Waals surface area contributed by atoms with Gasteiger partial charge in [-0.2, -0.15) is 0 Å². The third-order valence-electron chi connectivity index (χ3n) is 4.06. The van der Waals surface area contributed by atoms with E-state index in [2.05, 4.69) is 12.2 Å². The molecule has 0 spiro atoms. The van der Waals surface area contributed by atoms with Crippen LogP contribution in [-0.4, -0.2) is 12.4 Å². The maximum Gasteiger partial charge on any atom is 0.0934 e. The molecule has 1 saturated heterocycles. The minimum absolute atomic E-state index is 0.729. The number of nitrogens with one attached hydrogen (secondary N) is 2. The van der Waals surface area contributed by atoms with Crippen LogP contribution in [0.5, 0.6) is 0 Å². The lowest BCUT2D eigenvalue weighted by atomic mass is 9.72.